The molecule has 0 bridgehead atoms. The van der Waals surface area contributed by atoms with Gasteiger partial charge < -0.3 is 21.3 Å². The zero-order chi connectivity index (χ0) is 79.9. The van der Waals surface area contributed by atoms with Crippen LogP contribution in [0.3, 0.4) is 0 Å². The molecule has 23 heteroatoms. The number of nitrogens with one attached hydrogen (secondary N) is 8. The summed E-state index contributed by atoms with van der Waals surface area (Å²) in [6.45, 7) is 1.97. The number of benzene rings is 14. The summed E-state index contributed by atoms with van der Waals surface area (Å²) in [5.74, 6) is 6.45. The molecular formula is C96H67F3N20. The molecule has 0 radical (unpaired) electrons. The van der Waals surface area contributed by atoms with Gasteiger partial charge in [0, 0.05) is 84.7 Å². The first-order valence-corrected chi connectivity index (χ1v) is 38.7. The SMILES string of the molecule is Cc1cc(Nc2nc(-c3cccc4ccccc34)nc3ccccc23)n[nH]1.Fc1cc(F)c2[nH]nc(Nc3nc(-c4cccc5ccccc45)nc4ccccc34)c2c1.Fc1ccc2[nH]nc(Nc3nc(-c4cccc5ccccc45)nc4ccccc34)c2c1.c1ccc2c(-c3nc(Nc4cc(C5CC5)[nH]n4)c4ccccc4n3)cccc2c1. The van der Waals surface area contributed by atoms with Crippen LogP contribution in [0.15, 0.2) is 309 Å². The van der Waals surface area contributed by atoms with Crippen LogP contribution in [-0.2, 0) is 0 Å². The van der Waals surface area contributed by atoms with Crippen molar-refractivity contribution in [2.75, 3.05) is 21.3 Å². The van der Waals surface area contributed by atoms with E-state index in [-0.39, 0.29) is 17.2 Å². The third-order valence-electron chi connectivity index (χ3n) is 20.9. The summed E-state index contributed by atoms with van der Waals surface area (Å²) in [4.78, 5) is 38.7. The molecule has 0 atom stereocenters. The highest BCUT2D eigenvalue weighted by Gasteiger charge is 2.27. The van der Waals surface area contributed by atoms with E-state index in [0.29, 0.717) is 57.4 Å². The lowest BCUT2D eigenvalue weighted by Crippen LogP contribution is -2.00. The van der Waals surface area contributed by atoms with Crippen LogP contribution >= 0.6 is 0 Å². The Morgan fingerprint density at radius 1 is 0.277 bits per heavy atom. The van der Waals surface area contributed by atoms with E-state index in [2.05, 4.69) is 153 Å². The fourth-order valence-corrected chi connectivity index (χ4v) is 15.0. The van der Waals surface area contributed by atoms with Gasteiger partial charge in [0.2, 0.25) is 0 Å². The lowest BCUT2D eigenvalue weighted by molar-refractivity contribution is 0.590. The fourth-order valence-electron chi connectivity index (χ4n) is 15.0. The summed E-state index contributed by atoms with van der Waals surface area (Å²) in [7, 11) is 0. The molecule has 0 amide bonds. The minimum absolute atomic E-state index is 0.126. The Morgan fingerprint density at radius 3 is 1.04 bits per heavy atom. The van der Waals surface area contributed by atoms with Crippen molar-refractivity contribution in [2.24, 2.45) is 0 Å². The normalized spacial score (nSPS) is 11.9. The largest absolute Gasteiger partial charge is 0.323 e. The van der Waals surface area contributed by atoms with E-state index in [9.17, 15) is 13.2 Å². The number of H-pyrrole nitrogens is 4. The number of nitrogens with zero attached hydrogens (tertiary/aromatic N) is 12. The maximum absolute atomic E-state index is 14.1. The molecule has 0 saturated heterocycles. The van der Waals surface area contributed by atoms with Crippen molar-refractivity contribution in [3.63, 3.8) is 0 Å². The van der Waals surface area contributed by atoms with Crippen molar-refractivity contribution in [1.82, 2.24) is 80.7 Å². The molecule has 8 heterocycles. The lowest BCUT2D eigenvalue weighted by Gasteiger charge is -2.11. The number of rotatable bonds is 13. The van der Waals surface area contributed by atoms with Crippen LogP contribution in [0.1, 0.15) is 30.1 Å². The summed E-state index contributed by atoms with van der Waals surface area (Å²) < 4.78 is 41.8. The van der Waals surface area contributed by atoms with E-state index in [4.69, 9.17) is 39.9 Å². The second-order valence-corrected chi connectivity index (χ2v) is 28.8. The Balaban J connectivity index is 0.000000102. The summed E-state index contributed by atoms with van der Waals surface area (Å²) >= 11 is 0. The number of aryl methyl sites for hydroxylation is 1. The van der Waals surface area contributed by atoms with E-state index in [1.807, 2.05) is 195 Å². The molecule has 1 saturated carbocycles. The average molecular weight is 1560 g/mol. The topological polar surface area (TPSA) is 266 Å². The molecule has 22 aromatic rings. The van der Waals surface area contributed by atoms with Crippen molar-refractivity contribution >= 4 is 155 Å². The summed E-state index contributed by atoms with van der Waals surface area (Å²) in [5, 5.41) is 55.5. The molecule has 23 rings (SSSR count). The van der Waals surface area contributed by atoms with Gasteiger partial charge in [0.25, 0.3) is 0 Å². The van der Waals surface area contributed by atoms with Gasteiger partial charge in [-0.1, -0.05) is 218 Å². The Labute approximate surface area is 675 Å². The van der Waals surface area contributed by atoms with Gasteiger partial charge in [-0.2, -0.15) is 20.4 Å². The molecule has 1 aliphatic carbocycles. The molecule has 572 valence electrons. The molecule has 1 fully saturated rings. The monoisotopic (exact) mass is 1560 g/mol. The average Bonchev–Trinajstić information content (AvgIpc) is 1.72. The van der Waals surface area contributed by atoms with Crippen LogP contribution in [0.2, 0.25) is 0 Å². The molecule has 8 N–H and O–H groups in total. The summed E-state index contributed by atoms with van der Waals surface area (Å²) in [5.41, 5.74) is 10.3. The Morgan fingerprint density at radius 2 is 0.630 bits per heavy atom. The van der Waals surface area contributed by atoms with Crippen LogP contribution in [-0.4, -0.2) is 80.7 Å². The number of anilines is 8. The van der Waals surface area contributed by atoms with Gasteiger partial charge in [-0.15, -0.1) is 0 Å². The number of para-hydroxylation sites is 4. The van der Waals surface area contributed by atoms with Crippen LogP contribution < -0.4 is 21.3 Å². The number of aromatic nitrogens is 16. The third-order valence-corrected chi connectivity index (χ3v) is 20.9. The van der Waals surface area contributed by atoms with Crippen LogP contribution in [0.25, 0.3) is 154 Å². The van der Waals surface area contributed by atoms with Crippen molar-refractivity contribution in [1.29, 1.82) is 0 Å². The summed E-state index contributed by atoms with van der Waals surface area (Å²) in [6, 6.07) is 99.5. The quantitative estimate of drug-likeness (QED) is 0.0533. The number of halogens is 3. The Kier molecular flexibility index (Phi) is 18.7. The Bertz CT molecular complexity index is 7630. The zero-order valence-electron chi connectivity index (χ0n) is 63.4. The van der Waals surface area contributed by atoms with Crippen LogP contribution in [0.4, 0.5) is 59.7 Å². The first kappa shape index (κ1) is 71.8. The molecule has 119 heavy (non-hydrogen) atoms. The minimum Gasteiger partial charge on any atom is -0.323 e. The van der Waals surface area contributed by atoms with E-state index >= 15 is 0 Å². The van der Waals surface area contributed by atoms with Gasteiger partial charge in [-0.25, -0.2) is 53.0 Å². The van der Waals surface area contributed by atoms with Gasteiger partial charge in [0.1, 0.15) is 40.4 Å². The number of hydrogen-bond donors (Lipinski definition) is 8. The fraction of sp³-hybridized carbons (Fsp3) is 0.0417. The van der Waals surface area contributed by atoms with Crippen molar-refractivity contribution < 1.29 is 13.2 Å². The second kappa shape index (κ2) is 31.0. The second-order valence-electron chi connectivity index (χ2n) is 28.8. The van der Waals surface area contributed by atoms with E-state index in [0.717, 1.165) is 139 Å². The van der Waals surface area contributed by atoms with Crippen molar-refractivity contribution in [2.45, 2.75) is 25.7 Å². The number of aromatic amines is 4. The molecule has 14 aromatic carbocycles. The lowest BCUT2D eigenvalue weighted by atomic mass is 10.0. The maximum Gasteiger partial charge on any atom is 0.162 e. The maximum atomic E-state index is 14.1. The van der Waals surface area contributed by atoms with Gasteiger partial charge in [0.05, 0.1) is 33.0 Å². The van der Waals surface area contributed by atoms with Gasteiger partial charge in [-0.3, -0.25) is 20.4 Å². The first-order valence-electron chi connectivity index (χ1n) is 38.7. The zero-order valence-corrected chi connectivity index (χ0v) is 63.4. The van der Waals surface area contributed by atoms with Crippen LogP contribution in [0, 0.1) is 24.4 Å². The number of fused-ring (bicyclic) bond motifs is 10. The van der Waals surface area contributed by atoms with Gasteiger partial charge in [-0.05, 0) is 136 Å². The van der Waals surface area contributed by atoms with E-state index in [1.165, 1.54) is 47.5 Å². The smallest absolute Gasteiger partial charge is 0.162 e. The minimum atomic E-state index is -0.704. The molecule has 1 aliphatic rings. The van der Waals surface area contributed by atoms with E-state index in [1.54, 1.807) is 6.07 Å². The summed E-state index contributed by atoms with van der Waals surface area (Å²) in [6.07, 6.45) is 2.48. The van der Waals surface area contributed by atoms with Gasteiger partial charge in [0.15, 0.2) is 52.4 Å². The van der Waals surface area contributed by atoms with Crippen molar-refractivity contribution in [3.8, 4) is 45.6 Å². The molecular weight excluding hydrogens is 1490 g/mol. The highest BCUT2D eigenvalue weighted by atomic mass is 19.1. The highest BCUT2D eigenvalue weighted by molar-refractivity contribution is 6.04. The number of hydrogen-bond acceptors (Lipinski definition) is 16. The first-order chi connectivity index (χ1) is 58.6. The Hall–Kier alpha value is -16.2. The third kappa shape index (κ3) is 14.6. The molecule has 20 nitrogen and oxygen atoms in total. The standard InChI is InChI=1S/C25H15F2N5.C25H16FN5.C24H19N5.C22H17N5/c26-15-12-19-22(20(27)13-15)31-32-25(19)30-24-18-9-3-4-11-21(18)28-23(29-24)17-10-5-7-14-6-1-2-8-16(14)17;26-16-12-13-22-20(14-16)25(31-30-22)29-24-19-9-3-4-11-21(19)27-23(28-24)18-10-5-7-15-6-1-2-8-17(15)18;1-2-8-17-15(6-1)7-5-10-18(17)23-25-20-11-4-3-9-19(20)24(27-23)26-22-14-21(28-29-22)16-12-13-16;1-14-13-20(27-26-14)24-22-18-10-4-5-12-19(18)23-21(25-22)17-11-6-8-15-7-2-3-9-16(15)17/h1-13H,(H2,28,29,30,31,32);1-14H,(H2,27,28,29,30,31);1-11,14,16H,12-13H2,(H2,25,26,27,28,29);2-13H,1H3,(H2,23,24,25,26,27). The predicted molar refractivity (Wildman–Crippen MR) is 469 cm³/mol. The molecule has 8 aromatic heterocycles. The van der Waals surface area contributed by atoms with Gasteiger partial charge >= 0.3 is 0 Å². The molecule has 0 aliphatic heterocycles. The van der Waals surface area contributed by atoms with Crippen LogP contribution in [0.5, 0.6) is 0 Å². The molecule has 0 spiro atoms. The molecule has 0 unspecified atom stereocenters. The highest BCUT2D eigenvalue weighted by Crippen LogP contribution is 2.42. The van der Waals surface area contributed by atoms with E-state index < -0.39 is 11.6 Å². The predicted octanol–water partition coefficient (Wildman–Crippen LogP) is 23.6. The van der Waals surface area contributed by atoms with Crippen molar-refractivity contribution in [3.05, 3.63) is 338 Å².